The standard InChI is InChI=1S/C13H15BrClNO2/c14-10-6-8(4-5-11(10)15)13(18)16-12-3-1-2-9(12)7-17/h4-6,9,12,17H,1-3,7H2,(H,16,18). The maximum Gasteiger partial charge on any atom is 0.251 e. The Labute approximate surface area is 120 Å². The van der Waals surface area contributed by atoms with Crippen LogP contribution in [0.4, 0.5) is 0 Å². The number of aliphatic hydroxyl groups is 1. The smallest absolute Gasteiger partial charge is 0.251 e. The summed E-state index contributed by atoms with van der Waals surface area (Å²) in [6.45, 7) is 0.134. The molecule has 1 amide bonds. The van der Waals surface area contributed by atoms with Gasteiger partial charge in [-0.1, -0.05) is 18.0 Å². The Morgan fingerprint density at radius 3 is 2.94 bits per heavy atom. The molecule has 2 N–H and O–H groups in total. The molecule has 0 saturated heterocycles. The fraction of sp³-hybridized carbons (Fsp3) is 0.462. The van der Waals surface area contributed by atoms with Gasteiger partial charge in [-0.25, -0.2) is 0 Å². The van der Waals surface area contributed by atoms with E-state index < -0.39 is 0 Å². The predicted molar refractivity (Wildman–Crippen MR) is 74.8 cm³/mol. The van der Waals surface area contributed by atoms with Crippen molar-refractivity contribution >= 4 is 33.4 Å². The summed E-state index contributed by atoms with van der Waals surface area (Å²) in [7, 11) is 0. The lowest BCUT2D eigenvalue weighted by Gasteiger charge is -2.19. The van der Waals surface area contributed by atoms with E-state index in [1.54, 1.807) is 18.2 Å². The molecule has 2 unspecified atom stereocenters. The van der Waals surface area contributed by atoms with Crippen LogP contribution in [-0.2, 0) is 0 Å². The minimum atomic E-state index is -0.113. The molecule has 1 saturated carbocycles. The van der Waals surface area contributed by atoms with Crippen LogP contribution >= 0.6 is 27.5 Å². The summed E-state index contributed by atoms with van der Waals surface area (Å²) in [5, 5.41) is 12.8. The van der Waals surface area contributed by atoms with Gasteiger partial charge in [-0.3, -0.25) is 4.79 Å². The molecule has 2 atom stereocenters. The summed E-state index contributed by atoms with van der Waals surface area (Å²) in [6.07, 6.45) is 2.97. The Hall–Kier alpha value is -0.580. The zero-order valence-electron chi connectivity index (χ0n) is 9.83. The van der Waals surface area contributed by atoms with Gasteiger partial charge in [0.2, 0.25) is 0 Å². The van der Waals surface area contributed by atoms with Crippen LogP contribution < -0.4 is 5.32 Å². The lowest BCUT2D eigenvalue weighted by atomic mass is 10.0. The van der Waals surface area contributed by atoms with Gasteiger partial charge in [0, 0.05) is 28.6 Å². The molecule has 1 fully saturated rings. The monoisotopic (exact) mass is 331 g/mol. The summed E-state index contributed by atoms with van der Waals surface area (Å²) in [4.78, 5) is 12.1. The third-order valence-electron chi connectivity index (χ3n) is 3.39. The SMILES string of the molecule is O=C(NC1CCCC1CO)c1ccc(Cl)c(Br)c1. The molecule has 1 aliphatic rings. The fourth-order valence-electron chi connectivity index (χ4n) is 2.33. The van der Waals surface area contributed by atoms with Gasteiger partial charge < -0.3 is 10.4 Å². The number of hydrogen-bond donors (Lipinski definition) is 2. The molecule has 0 aromatic heterocycles. The van der Waals surface area contributed by atoms with Crippen molar-refractivity contribution in [3.05, 3.63) is 33.3 Å². The van der Waals surface area contributed by atoms with Crippen molar-refractivity contribution in [2.45, 2.75) is 25.3 Å². The van der Waals surface area contributed by atoms with Crippen molar-refractivity contribution in [1.29, 1.82) is 0 Å². The quantitative estimate of drug-likeness (QED) is 0.894. The Balaban J connectivity index is 2.05. The summed E-state index contributed by atoms with van der Waals surface area (Å²) in [5.74, 6) is 0.0717. The van der Waals surface area contributed by atoms with Crippen LogP contribution in [0.2, 0.25) is 5.02 Å². The zero-order valence-corrected chi connectivity index (χ0v) is 12.2. The Bertz CT molecular complexity index is 453. The minimum Gasteiger partial charge on any atom is -0.396 e. The zero-order chi connectivity index (χ0) is 13.1. The summed E-state index contributed by atoms with van der Waals surface area (Å²) in [5.41, 5.74) is 0.579. The second-order valence-electron chi connectivity index (χ2n) is 4.58. The minimum absolute atomic E-state index is 0.0805. The fourth-order valence-corrected chi connectivity index (χ4v) is 2.83. The molecule has 18 heavy (non-hydrogen) atoms. The highest BCUT2D eigenvalue weighted by atomic mass is 79.9. The first-order chi connectivity index (χ1) is 8.61. The number of hydrogen-bond acceptors (Lipinski definition) is 2. The summed E-state index contributed by atoms with van der Waals surface area (Å²) >= 11 is 9.19. The van der Waals surface area contributed by atoms with Gasteiger partial charge >= 0.3 is 0 Å². The van der Waals surface area contributed by atoms with Crippen LogP contribution in [0.1, 0.15) is 29.6 Å². The molecule has 5 heteroatoms. The van der Waals surface area contributed by atoms with Crippen LogP contribution in [0, 0.1) is 5.92 Å². The second-order valence-corrected chi connectivity index (χ2v) is 5.84. The largest absolute Gasteiger partial charge is 0.396 e. The molecule has 1 aromatic rings. The first-order valence-corrected chi connectivity index (χ1v) is 7.15. The van der Waals surface area contributed by atoms with Gasteiger partial charge in [0.25, 0.3) is 5.91 Å². The van der Waals surface area contributed by atoms with E-state index in [0.29, 0.717) is 15.1 Å². The number of carbonyl (C=O) groups is 1. The maximum atomic E-state index is 12.1. The Morgan fingerprint density at radius 2 is 2.28 bits per heavy atom. The maximum absolute atomic E-state index is 12.1. The third-order valence-corrected chi connectivity index (χ3v) is 4.61. The van der Waals surface area contributed by atoms with E-state index in [9.17, 15) is 9.90 Å². The van der Waals surface area contributed by atoms with E-state index >= 15 is 0 Å². The van der Waals surface area contributed by atoms with Gasteiger partial charge in [0.15, 0.2) is 0 Å². The van der Waals surface area contributed by atoms with Gasteiger partial charge in [0.1, 0.15) is 0 Å². The summed E-state index contributed by atoms with van der Waals surface area (Å²) < 4.78 is 0.710. The topological polar surface area (TPSA) is 49.3 Å². The number of rotatable bonds is 3. The van der Waals surface area contributed by atoms with E-state index in [0.717, 1.165) is 19.3 Å². The van der Waals surface area contributed by atoms with E-state index in [1.807, 2.05) is 0 Å². The Kier molecular flexibility index (Phi) is 4.65. The third kappa shape index (κ3) is 3.05. The van der Waals surface area contributed by atoms with Crippen molar-refractivity contribution in [3.63, 3.8) is 0 Å². The van der Waals surface area contributed by atoms with E-state index in [4.69, 9.17) is 11.6 Å². The first-order valence-electron chi connectivity index (χ1n) is 5.98. The molecule has 0 bridgehead atoms. The molecule has 1 aromatic carbocycles. The van der Waals surface area contributed by atoms with E-state index in [2.05, 4.69) is 21.2 Å². The van der Waals surface area contributed by atoms with Crippen LogP contribution in [0.25, 0.3) is 0 Å². The first kappa shape index (κ1) is 13.8. The number of halogens is 2. The highest BCUT2D eigenvalue weighted by molar-refractivity contribution is 9.10. The average Bonchev–Trinajstić information content (AvgIpc) is 2.79. The highest BCUT2D eigenvalue weighted by Crippen LogP contribution is 2.26. The van der Waals surface area contributed by atoms with Crippen molar-refractivity contribution < 1.29 is 9.90 Å². The normalized spacial score (nSPS) is 23.1. The predicted octanol–water partition coefficient (Wildman–Crippen LogP) is 2.99. The number of benzene rings is 1. The molecule has 1 aliphatic carbocycles. The van der Waals surface area contributed by atoms with Crippen molar-refractivity contribution in [2.75, 3.05) is 6.61 Å². The number of amides is 1. The van der Waals surface area contributed by atoms with E-state index in [1.165, 1.54) is 0 Å². The number of nitrogens with one attached hydrogen (secondary N) is 1. The van der Waals surface area contributed by atoms with Gasteiger partial charge in [-0.2, -0.15) is 0 Å². The Morgan fingerprint density at radius 1 is 1.50 bits per heavy atom. The average molecular weight is 333 g/mol. The van der Waals surface area contributed by atoms with Gasteiger partial charge in [0.05, 0.1) is 5.02 Å². The molecule has 0 spiro atoms. The van der Waals surface area contributed by atoms with Crippen LogP contribution in [0.15, 0.2) is 22.7 Å². The lowest BCUT2D eigenvalue weighted by molar-refractivity contribution is 0.0916. The van der Waals surface area contributed by atoms with Crippen LogP contribution in [-0.4, -0.2) is 23.7 Å². The molecule has 98 valence electrons. The molecule has 3 nitrogen and oxygen atoms in total. The second kappa shape index (κ2) is 6.04. The highest BCUT2D eigenvalue weighted by Gasteiger charge is 2.28. The molecule has 2 rings (SSSR count). The number of aliphatic hydroxyl groups excluding tert-OH is 1. The van der Waals surface area contributed by atoms with Crippen molar-refractivity contribution in [3.8, 4) is 0 Å². The van der Waals surface area contributed by atoms with Gasteiger partial charge in [-0.05, 0) is 47.0 Å². The van der Waals surface area contributed by atoms with Crippen molar-refractivity contribution in [1.82, 2.24) is 5.32 Å². The molecular formula is C13H15BrClNO2. The molecule has 0 aliphatic heterocycles. The molecule has 0 heterocycles. The lowest BCUT2D eigenvalue weighted by Crippen LogP contribution is -2.38. The van der Waals surface area contributed by atoms with Gasteiger partial charge in [-0.15, -0.1) is 0 Å². The van der Waals surface area contributed by atoms with Crippen LogP contribution in [0.3, 0.4) is 0 Å². The number of carbonyl (C=O) groups excluding carboxylic acids is 1. The summed E-state index contributed by atoms with van der Waals surface area (Å²) in [6, 6.07) is 5.18. The van der Waals surface area contributed by atoms with Crippen LogP contribution in [0.5, 0.6) is 0 Å². The molecular weight excluding hydrogens is 318 g/mol. The van der Waals surface area contributed by atoms with E-state index in [-0.39, 0.29) is 24.5 Å². The van der Waals surface area contributed by atoms with Crippen molar-refractivity contribution in [2.24, 2.45) is 5.92 Å². The molecule has 0 radical (unpaired) electrons.